The third kappa shape index (κ3) is 6.55. The number of ether oxygens (including phenoxy) is 1. The van der Waals surface area contributed by atoms with Crippen LogP contribution in [0, 0.1) is 0 Å². The van der Waals surface area contributed by atoms with Gasteiger partial charge in [-0.15, -0.1) is 0 Å². The second-order valence-corrected chi connectivity index (χ2v) is 5.09. The lowest BCUT2D eigenvalue weighted by molar-refractivity contribution is 0.216. The Morgan fingerprint density at radius 2 is 1.89 bits per heavy atom. The Bertz CT molecular complexity index is 378. The van der Waals surface area contributed by atoms with Gasteiger partial charge in [0.1, 0.15) is 12.4 Å². The van der Waals surface area contributed by atoms with Gasteiger partial charge in [-0.3, -0.25) is 0 Å². The fourth-order valence-corrected chi connectivity index (χ4v) is 2.11. The molecule has 19 heavy (non-hydrogen) atoms. The van der Waals surface area contributed by atoms with Crippen LogP contribution < -0.4 is 10.5 Å². The molecule has 4 heteroatoms. The summed E-state index contributed by atoms with van der Waals surface area (Å²) in [6.07, 6.45) is 1.83. The zero-order chi connectivity index (χ0) is 14.1. The molecule has 0 heterocycles. The van der Waals surface area contributed by atoms with Crippen LogP contribution in [0.3, 0.4) is 0 Å². The summed E-state index contributed by atoms with van der Waals surface area (Å²) < 4.78 is 5.74. The highest BCUT2D eigenvalue weighted by molar-refractivity contribution is 7.80. The van der Waals surface area contributed by atoms with E-state index in [4.69, 9.17) is 22.7 Å². The van der Waals surface area contributed by atoms with Gasteiger partial charge in [0.25, 0.3) is 0 Å². The monoisotopic (exact) mass is 280 g/mol. The highest BCUT2D eigenvalue weighted by atomic mass is 32.1. The van der Waals surface area contributed by atoms with Crippen LogP contribution in [0.4, 0.5) is 0 Å². The number of hydrogen-bond donors (Lipinski definition) is 1. The minimum Gasteiger partial charge on any atom is -0.492 e. The van der Waals surface area contributed by atoms with Crippen molar-refractivity contribution in [1.29, 1.82) is 0 Å². The first-order valence-corrected chi connectivity index (χ1v) is 7.29. The van der Waals surface area contributed by atoms with Crippen molar-refractivity contribution in [2.24, 2.45) is 5.73 Å². The van der Waals surface area contributed by atoms with E-state index in [0.29, 0.717) is 11.4 Å². The Labute approximate surface area is 121 Å². The molecule has 0 saturated heterocycles. The molecule has 0 bridgehead atoms. The van der Waals surface area contributed by atoms with Gasteiger partial charge in [0, 0.05) is 13.0 Å². The van der Waals surface area contributed by atoms with Gasteiger partial charge in [-0.1, -0.05) is 38.2 Å². The number of nitrogens with zero attached hydrogens (tertiary/aromatic N) is 1. The molecule has 0 spiro atoms. The normalized spacial score (nSPS) is 10.7. The van der Waals surface area contributed by atoms with E-state index >= 15 is 0 Å². The molecule has 0 atom stereocenters. The molecular weight excluding hydrogens is 256 g/mol. The van der Waals surface area contributed by atoms with Crippen LogP contribution >= 0.6 is 12.2 Å². The van der Waals surface area contributed by atoms with Crippen molar-refractivity contribution in [2.45, 2.75) is 26.7 Å². The lowest BCUT2D eigenvalue weighted by Gasteiger charge is -2.19. The molecule has 2 N–H and O–H groups in total. The van der Waals surface area contributed by atoms with Gasteiger partial charge in [-0.05, 0) is 37.2 Å². The molecule has 0 aliphatic rings. The third-order valence-electron chi connectivity index (χ3n) is 2.96. The Balaban J connectivity index is 2.35. The van der Waals surface area contributed by atoms with Crippen LogP contribution in [0.15, 0.2) is 24.3 Å². The van der Waals surface area contributed by atoms with E-state index in [1.165, 1.54) is 6.42 Å². The number of rotatable bonds is 9. The standard InChI is InChI=1S/C15H24N2OS/c1-3-9-17(4-2)10-11-18-14-7-5-13(6-8-14)12-15(16)19/h5-8H,3-4,9-12H2,1-2H3,(H2,16,19). The minimum absolute atomic E-state index is 0.520. The molecule has 106 valence electrons. The van der Waals surface area contributed by atoms with Gasteiger partial charge in [0.05, 0.1) is 4.99 Å². The van der Waals surface area contributed by atoms with Gasteiger partial charge in [-0.25, -0.2) is 0 Å². The summed E-state index contributed by atoms with van der Waals surface area (Å²) in [5.41, 5.74) is 6.64. The first-order chi connectivity index (χ1) is 9.15. The van der Waals surface area contributed by atoms with Crippen LogP contribution in [0.2, 0.25) is 0 Å². The molecule has 1 rings (SSSR count). The quantitative estimate of drug-likeness (QED) is 0.706. The molecule has 1 aromatic carbocycles. The molecule has 0 amide bonds. The highest BCUT2D eigenvalue weighted by Crippen LogP contribution is 2.12. The van der Waals surface area contributed by atoms with Crippen LogP contribution in [0.1, 0.15) is 25.8 Å². The van der Waals surface area contributed by atoms with E-state index in [9.17, 15) is 0 Å². The van der Waals surface area contributed by atoms with Gasteiger partial charge in [0.15, 0.2) is 0 Å². The van der Waals surface area contributed by atoms with Crippen molar-refractivity contribution >= 4 is 17.2 Å². The van der Waals surface area contributed by atoms with Gasteiger partial charge in [-0.2, -0.15) is 0 Å². The first kappa shape index (κ1) is 15.9. The maximum Gasteiger partial charge on any atom is 0.119 e. The summed E-state index contributed by atoms with van der Waals surface area (Å²) in [4.78, 5) is 2.91. The molecule has 1 aromatic rings. The Morgan fingerprint density at radius 3 is 2.42 bits per heavy atom. The van der Waals surface area contributed by atoms with Crippen LogP contribution in [-0.2, 0) is 6.42 Å². The third-order valence-corrected chi connectivity index (χ3v) is 3.11. The molecule has 0 aliphatic carbocycles. The van der Waals surface area contributed by atoms with Crippen molar-refractivity contribution < 1.29 is 4.74 Å². The van der Waals surface area contributed by atoms with E-state index in [2.05, 4.69) is 18.7 Å². The number of nitrogens with two attached hydrogens (primary N) is 1. The second kappa shape index (κ2) is 8.88. The molecule has 0 aromatic heterocycles. The molecular formula is C15H24N2OS. The zero-order valence-corrected chi connectivity index (χ0v) is 12.7. The minimum atomic E-state index is 0.520. The van der Waals surface area contributed by atoms with Crippen molar-refractivity contribution in [2.75, 3.05) is 26.2 Å². The van der Waals surface area contributed by atoms with Crippen molar-refractivity contribution in [3.63, 3.8) is 0 Å². The van der Waals surface area contributed by atoms with E-state index in [-0.39, 0.29) is 0 Å². The van der Waals surface area contributed by atoms with Gasteiger partial charge < -0.3 is 15.4 Å². The van der Waals surface area contributed by atoms with Crippen molar-refractivity contribution in [1.82, 2.24) is 4.90 Å². The van der Waals surface area contributed by atoms with E-state index in [1.54, 1.807) is 0 Å². The Hall–Kier alpha value is -1.13. The Kier molecular flexibility index (Phi) is 7.45. The second-order valence-electron chi connectivity index (χ2n) is 4.57. The molecule has 0 fully saturated rings. The maximum absolute atomic E-state index is 5.74. The maximum atomic E-state index is 5.74. The molecule has 0 saturated carbocycles. The summed E-state index contributed by atoms with van der Waals surface area (Å²) in [6, 6.07) is 7.98. The van der Waals surface area contributed by atoms with Gasteiger partial charge in [0.2, 0.25) is 0 Å². The smallest absolute Gasteiger partial charge is 0.119 e. The van der Waals surface area contributed by atoms with E-state index < -0.39 is 0 Å². The fourth-order valence-electron chi connectivity index (χ4n) is 1.94. The summed E-state index contributed by atoms with van der Waals surface area (Å²) in [5, 5.41) is 0. The number of benzene rings is 1. The SMILES string of the molecule is CCCN(CC)CCOc1ccc(CC(N)=S)cc1. The Morgan fingerprint density at radius 1 is 1.21 bits per heavy atom. The summed E-state index contributed by atoms with van der Waals surface area (Å²) in [5.74, 6) is 0.902. The van der Waals surface area contributed by atoms with Crippen LogP contribution in [-0.4, -0.2) is 36.1 Å². The number of likely N-dealkylation sites (N-methyl/N-ethyl adjacent to an activating group) is 1. The average Bonchev–Trinajstić information content (AvgIpc) is 2.39. The fraction of sp³-hybridized carbons (Fsp3) is 0.533. The largest absolute Gasteiger partial charge is 0.492 e. The predicted octanol–water partition coefficient (Wildman–Crippen LogP) is 2.63. The van der Waals surface area contributed by atoms with E-state index in [1.807, 2.05) is 24.3 Å². The molecule has 0 radical (unpaired) electrons. The van der Waals surface area contributed by atoms with Crippen molar-refractivity contribution in [3.05, 3.63) is 29.8 Å². The summed E-state index contributed by atoms with van der Waals surface area (Å²) in [6.45, 7) is 8.28. The predicted molar refractivity (Wildman–Crippen MR) is 84.8 cm³/mol. The number of thiocarbonyl (C=S) groups is 1. The van der Waals surface area contributed by atoms with Gasteiger partial charge >= 0.3 is 0 Å². The van der Waals surface area contributed by atoms with Crippen LogP contribution in [0.5, 0.6) is 5.75 Å². The lowest BCUT2D eigenvalue weighted by Crippen LogP contribution is -2.28. The summed E-state index contributed by atoms with van der Waals surface area (Å²) in [7, 11) is 0. The average molecular weight is 280 g/mol. The zero-order valence-electron chi connectivity index (χ0n) is 11.9. The highest BCUT2D eigenvalue weighted by Gasteiger charge is 2.01. The lowest BCUT2D eigenvalue weighted by atomic mass is 10.1. The first-order valence-electron chi connectivity index (χ1n) is 6.88. The molecule has 0 aliphatic heterocycles. The number of hydrogen-bond acceptors (Lipinski definition) is 3. The molecule has 3 nitrogen and oxygen atoms in total. The van der Waals surface area contributed by atoms with Crippen LogP contribution in [0.25, 0.3) is 0 Å². The summed E-state index contributed by atoms with van der Waals surface area (Å²) >= 11 is 4.89. The molecule has 0 unspecified atom stereocenters. The van der Waals surface area contributed by atoms with E-state index in [0.717, 1.165) is 37.6 Å². The van der Waals surface area contributed by atoms with Crippen molar-refractivity contribution in [3.8, 4) is 5.75 Å². The topological polar surface area (TPSA) is 38.5 Å².